The van der Waals surface area contributed by atoms with E-state index in [9.17, 15) is 22.8 Å². The molecule has 0 saturated carbocycles. The van der Waals surface area contributed by atoms with Gasteiger partial charge in [-0.1, -0.05) is 0 Å². The van der Waals surface area contributed by atoms with Crippen LogP contribution in [0.3, 0.4) is 0 Å². The van der Waals surface area contributed by atoms with Gasteiger partial charge in [-0.2, -0.15) is 18.3 Å². The van der Waals surface area contributed by atoms with Gasteiger partial charge in [0.2, 0.25) is 11.8 Å². The molecule has 2 saturated heterocycles. The number of hydrogen-bond acceptors (Lipinski definition) is 3. The van der Waals surface area contributed by atoms with Gasteiger partial charge in [-0.3, -0.25) is 14.3 Å². The van der Waals surface area contributed by atoms with Gasteiger partial charge >= 0.3 is 6.18 Å². The van der Waals surface area contributed by atoms with Crippen LogP contribution in [0.1, 0.15) is 18.3 Å². The van der Waals surface area contributed by atoms with Gasteiger partial charge in [0.1, 0.15) is 0 Å². The summed E-state index contributed by atoms with van der Waals surface area (Å²) < 4.78 is 39.1. The maximum atomic E-state index is 12.7. The van der Waals surface area contributed by atoms with Crippen molar-refractivity contribution in [1.82, 2.24) is 19.6 Å². The second-order valence-corrected chi connectivity index (χ2v) is 6.56. The van der Waals surface area contributed by atoms with Gasteiger partial charge in [0, 0.05) is 57.7 Å². The number of carbonyl (C=O) groups excluding carboxylic acids is 2. The quantitative estimate of drug-likeness (QED) is 0.802. The summed E-state index contributed by atoms with van der Waals surface area (Å²) in [7, 11) is 1.40. The third-order valence-corrected chi connectivity index (χ3v) is 4.88. The summed E-state index contributed by atoms with van der Waals surface area (Å²) in [6.07, 6.45) is -4.62. The molecule has 0 spiro atoms. The Hall–Kier alpha value is -2.06. The van der Waals surface area contributed by atoms with Crippen LogP contribution >= 0.6 is 0 Å². The van der Waals surface area contributed by atoms with Gasteiger partial charge in [-0.15, -0.1) is 0 Å². The van der Waals surface area contributed by atoms with E-state index in [1.807, 2.05) is 0 Å². The van der Waals surface area contributed by atoms with Crippen LogP contribution in [0, 0.1) is 11.8 Å². The molecule has 1 aromatic heterocycles. The third kappa shape index (κ3) is 3.11. The number of carbonyl (C=O) groups is 2. The maximum Gasteiger partial charge on any atom is 0.435 e. The van der Waals surface area contributed by atoms with E-state index >= 15 is 0 Å². The molecule has 24 heavy (non-hydrogen) atoms. The molecule has 132 valence electrons. The smallest absolute Gasteiger partial charge is 0.342 e. The van der Waals surface area contributed by atoms with E-state index in [0.717, 1.165) is 10.7 Å². The molecule has 6 nitrogen and oxygen atoms in total. The molecule has 2 aliphatic heterocycles. The predicted octanol–water partition coefficient (Wildman–Crippen LogP) is 0.918. The van der Waals surface area contributed by atoms with Crippen LogP contribution in [0.15, 0.2) is 6.07 Å². The van der Waals surface area contributed by atoms with E-state index in [-0.39, 0.29) is 35.8 Å². The average molecular weight is 344 g/mol. The molecule has 3 heterocycles. The molecule has 0 radical (unpaired) electrons. The Bertz CT molecular complexity index is 656. The fourth-order valence-electron chi connectivity index (χ4n) is 3.53. The molecule has 1 aromatic rings. The Balaban J connectivity index is 1.62. The van der Waals surface area contributed by atoms with Crippen LogP contribution in [0.2, 0.25) is 0 Å². The third-order valence-electron chi connectivity index (χ3n) is 4.88. The number of nitrogens with zero attached hydrogens (tertiary/aromatic N) is 4. The lowest BCUT2D eigenvalue weighted by Crippen LogP contribution is -2.35. The minimum atomic E-state index is -4.51. The molecule has 0 N–H and O–H groups in total. The number of amides is 2. The van der Waals surface area contributed by atoms with Crippen molar-refractivity contribution in [2.75, 3.05) is 26.2 Å². The van der Waals surface area contributed by atoms with Crippen molar-refractivity contribution < 1.29 is 22.8 Å². The first-order valence-corrected chi connectivity index (χ1v) is 7.78. The second-order valence-electron chi connectivity index (χ2n) is 6.56. The van der Waals surface area contributed by atoms with Gasteiger partial charge in [0.05, 0.1) is 6.42 Å². The molecular formula is C15H19F3N4O2. The molecule has 9 heteroatoms. The van der Waals surface area contributed by atoms with Crippen molar-refractivity contribution in [1.29, 1.82) is 0 Å². The zero-order valence-corrected chi connectivity index (χ0v) is 13.5. The van der Waals surface area contributed by atoms with Gasteiger partial charge < -0.3 is 9.80 Å². The van der Waals surface area contributed by atoms with Crippen molar-refractivity contribution in [3.8, 4) is 0 Å². The van der Waals surface area contributed by atoms with Gasteiger partial charge in [0.15, 0.2) is 5.69 Å². The highest BCUT2D eigenvalue weighted by Gasteiger charge is 2.42. The number of alkyl halides is 3. The van der Waals surface area contributed by atoms with Crippen LogP contribution in [0.4, 0.5) is 13.2 Å². The minimum Gasteiger partial charge on any atom is -0.342 e. The van der Waals surface area contributed by atoms with Crippen molar-refractivity contribution in [3.05, 3.63) is 17.5 Å². The van der Waals surface area contributed by atoms with E-state index < -0.39 is 11.9 Å². The molecule has 0 aliphatic carbocycles. The monoisotopic (exact) mass is 344 g/mol. The van der Waals surface area contributed by atoms with Crippen LogP contribution in [-0.4, -0.2) is 57.6 Å². The Labute approximate surface area is 137 Å². The van der Waals surface area contributed by atoms with E-state index in [1.54, 1.807) is 9.80 Å². The lowest BCUT2D eigenvalue weighted by molar-refractivity contribution is -0.141. The fraction of sp³-hybridized carbons (Fsp3) is 0.667. The lowest BCUT2D eigenvalue weighted by Gasteiger charge is -2.21. The van der Waals surface area contributed by atoms with Crippen LogP contribution in [0.5, 0.6) is 0 Å². The van der Waals surface area contributed by atoms with E-state index in [0.29, 0.717) is 26.2 Å². The predicted molar refractivity (Wildman–Crippen MR) is 77.7 cm³/mol. The number of halogens is 3. The first kappa shape index (κ1) is 16.8. The Kier molecular flexibility index (Phi) is 4.05. The molecule has 2 aliphatic rings. The molecule has 2 amide bonds. The zero-order chi connectivity index (χ0) is 17.6. The molecule has 0 bridgehead atoms. The highest BCUT2D eigenvalue weighted by atomic mass is 19.4. The van der Waals surface area contributed by atoms with Gasteiger partial charge in [0.25, 0.3) is 0 Å². The number of aryl methyl sites for hydroxylation is 1. The first-order chi connectivity index (χ1) is 11.1. The summed E-state index contributed by atoms with van der Waals surface area (Å²) in [5.41, 5.74) is -0.738. The summed E-state index contributed by atoms with van der Waals surface area (Å²) in [5, 5.41) is 3.42. The summed E-state index contributed by atoms with van der Waals surface area (Å²) in [6.45, 7) is 3.93. The standard InChI is InChI=1S/C15H19F3N4O2/c1-9(23)21-5-10-7-22(8-11(10)6-21)14(24)4-12-3-13(15(16,17)18)19-20(12)2/h3,10-11H,4-8H2,1-2H3/t10-,11+. The highest BCUT2D eigenvalue weighted by Crippen LogP contribution is 2.32. The molecule has 2 atom stereocenters. The number of aromatic nitrogens is 2. The van der Waals surface area contributed by atoms with E-state index in [1.165, 1.54) is 14.0 Å². The second kappa shape index (κ2) is 5.78. The summed E-state index contributed by atoms with van der Waals surface area (Å²) >= 11 is 0. The number of fused-ring (bicyclic) bond motifs is 1. The van der Waals surface area contributed by atoms with Crippen molar-refractivity contribution >= 4 is 11.8 Å². The normalized spacial score (nSPS) is 23.7. The Morgan fingerprint density at radius 1 is 1.17 bits per heavy atom. The summed E-state index contributed by atoms with van der Waals surface area (Å²) in [4.78, 5) is 27.3. The van der Waals surface area contributed by atoms with Crippen molar-refractivity contribution in [2.45, 2.75) is 19.5 Å². The molecule has 2 fully saturated rings. The largest absolute Gasteiger partial charge is 0.435 e. The van der Waals surface area contributed by atoms with Crippen LogP contribution in [0.25, 0.3) is 0 Å². The van der Waals surface area contributed by atoms with Gasteiger partial charge in [-0.05, 0) is 6.07 Å². The average Bonchev–Trinajstić information content (AvgIpc) is 3.10. The van der Waals surface area contributed by atoms with Crippen molar-refractivity contribution in [2.24, 2.45) is 18.9 Å². The van der Waals surface area contributed by atoms with Crippen LogP contribution in [-0.2, 0) is 29.2 Å². The highest BCUT2D eigenvalue weighted by molar-refractivity contribution is 5.79. The number of likely N-dealkylation sites (tertiary alicyclic amines) is 2. The Morgan fingerprint density at radius 3 is 2.17 bits per heavy atom. The fourth-order valence-corrected chi connectivity index (χ4v) is 3.53. The first-order valence-electron chi connectivity index (χ1n) is 7.78. The molecular weight excluding hydrogens is 325 g/mol. The van der Waals surface area contributed by atoms with E-state index in [4.69, 9.17) is 0 Å². The van der Waals surface area contributed by atoms with Gasteiger partial charge in [-0.25, -0.2) is 0 Å². The SMILES string of the molecule is CC(=O)N1C[C@@H]2CN(C(=O)Cc3cc(C(F)(F)F)nn3C)C[C@@H]2C1. The minimum absolute atomic E-state index is 0.0387. The summed E-state index contributed by atoms with van der Waals surface area (Å²) in [6, 6.07) is 0.923. The van der Waals surface area contributed by atoms with E-state index in [2.05, 4.69) is 5.10 Å². The topological polar surface area (TPSA) is 58.4 Å². The molecule has 0 aromatic carbocycles. The maximum absolute atomic E-state index is 12.7. The zero-order valence-electron chi connectivity index (χ0n) is 13.5. The number of hydrogen-bond donors (Lipinski definition) is 0. The lowest BCUT2D eigenvalue weighted by atomic mass is 10.0. The Morgan fingerprint density at radius 2 is 1.71 bits per heavy atom. The molecule has 0 unspecified atom stereocenters. The number of rotatable bonds is 2. The van der Waals surface area contributed by atoms with Crippen molar-refractivity contribution in [3.63, 3.8) is 0 Å². The molecule has 3 rings (SSSR count). The summed E-state index contributed by atoms with van der Waals surface area (Å²) in [5.74, 6) is 0.359. The van der Waals surface area contributed by atoms with Crippen LogP contribution < -0.4 is 0 Å².